The van der Waals surface area contributed by atoms with Crippen molar-refractivity contribution in [3.63, 3.8) is 0 Å². The van der Waals surface area contributed by atoms with E-state index in [2.05, 4.69) is 4.40 Å². The molecule has 0 amide bonds. The lowest BCUT2D eigenvalue weighted by Gasteiger charge is -2.19. The van der Waals surface area contributed by atoms with Crippen LogP contribution in [0.5, 0.6) is 0 Å². The summed E-state index contributed by atoms with van der Waals surface area (Å²) < 4.78 is 27.5. The molecule has 2 rings (SSSR count). The summed E-state index contributed by atoms with van der Waals surface area (Å²) in [6.45, 7) is 5.40. The molecule has 0 fully saturated rings. The van der Waals surface area contributed by atoms with Gasteiger partial charge in [0.2, 0.25) is 0 Å². The molecule has 1 aromatic carbocycles. The third-order valence-electron chi connectivity index (χ3n) is 2.69. The fraction of sp³-hybridized carbons (Fsp3) is 0.333. The molecule has 0 atom stereocenters. The Bertz CT molecular complexity index is 666. The lowest BCUT2D eigenvalue weighted by molar-refractivity contribution is 0.0696. The summed E-state index contributed by atoms with van der Waals surface area (Å²) in [5.41, 5.74) is -0.0422. The highest BCUT2D eigenvalue weighted by Gasteiger charge is 2.37. The minimum absolute atomic E-state index is 0.0210. The van der Waals surface area contributed by atoms with Crippen LogP contribution in [-0.4, -0.2) is 25.2 Å². The SMILES string of the molecule is CC(C)(C)C1=NS(=O)(=O)c2cccc(C(=O)O)c21. The molecule has 0 saturated heterocycles. The number of nitrogens with zero attached hydrogens (tertiary/aromatic N) is 1. The average molecular weight is 267 g/mol. The highest BCUT2D eigenvalue weighted by molar-refractivity contribution is 7.90. The van der Waals surface area contributed by atoms with Crippen molar-refractivity contribution in [2.24, 2.45) is 9.81 Å². The summed E-state index contributed by atoms with van der Waals surface area (Å²) in [5, 5.41) is 9.15. The normalized spacial score (nSPS) is 17.2. The number of hydrogen-bond donors (Lipinski definition) is 1. The van der Waals surface area contributed by atoms with Gasteiger partial charge in [-0.1, -0.05) is 26.8 Å². The Morgan fingerprint density at radius 3 is 2.39 bits per heavy atom. The summed E-state index contributed by atoms with van der Waals surface area (Å²) in [6, 6.07) is 4.20. The van der Waals surface area contributed by atoms with Gasteiger partial charge in [0.1, 0.15) is 0 Å². The molecule has 1 aromatic rings. The number of fused-ring (bicyclic) bond motifs is 1. The maximum absolute atomic E-state index is 11.9. The minimum Gasteiger partial charge on any atom is -0.478 e. The summed E-state index contributed by atoms with van der Waals surface area (Å²) in [7, 11) is -3.77. The summed E-state index contributed by atoms with van der Waals surface area (Å²) >= 11 is 0. The molecule has 0 bridgehead atoms. The van der Waals surface area contributed by atoms with Gasteiger partial charge in [0.05, 0.1) is 16.2 Å². The number of carboxylic acid groups (broad SMARTS) is 1. The Morgan fingerprint density at radius 1 is 1.28 bits per heavy atom. The number of rotatable bonds is 1. The second-order valence-corrected chi connectivity index (χ2v) is 6.72. The van der Waals surface area contributed by atoms with Crippen LogP contribution in [0, 0.1) is 5.41 Å². The third-order valence-corrected chi connectivity index (χ3v) is 4.01. The zero-order chi connectivity index (χ0) is 13.7. The van der Waals surface area contributed by atoms with Crippen LogP contribution in [0.2, 0.25) is 0 Å². The molecule has 18 heavy (non-hydrogen) atoms. The van der Waals surface area contributed by atoms with Crippen molar-refractivity contribution in [3.8, 4) is 0 Å². The fourth-order valence-electron chi connectivity index (χ4n) is 1.90. The standard InChI is InChI=1S/C12H13NO4S/c1-12(2,3)10-9-7(11(14)15)5-4-6-8(9)18(16,17)13-10/h4-6H,1-3H3,(H,14,15). The fourth-order valence-corrected chi connectivity index (χ4v) is 3.31. The topological polar surface area (TPSA) is 83.8 Å². The van der Waals surface area contributed by atoms with Crippen molar-refractivity contribution in [1.82, 2.24) is 0 Å². The third kappa shape index (κ3) is 1.82. The van der Waals surface area contributed by atoms with Crippen LogP contribution in [0.15, 0.2) is 27.5 Å². The predicted octanol–water partition coefficient (Wildman–Crippen LogP) is 1.92. The molecule has 1 aliphatic rings. The molecule has 1 aliphatic heterocycles. The Labute approximate surface area is 105 Å². The highest BCUT2D eigenvalue weighted by atomic mass is 32.2. The van der Waals surface area contributed by atoms with Crippen molar-refractivity contribution in [1.29, 1.82) is 0 Å². The van der Waals surface area contributed by atoms with Gasteiger partial charge >= 0.3 is 5.97 Å². The smallest absolute Gasteiger partial charge is 0.336 e. The lowest BCUT2D eigenvalue weighted by atomic mass is 9.84. The van der Waals surface area contributed by atoms with Gasteiger partial charge in [-0.05, 0) is 12.1 Å². The monoisotopic (exact) mass is 267 g/mol. The van der Waals surface area contributed by atoms with Gasteiger partial charge in [0.25, 0.3) is 10.0 Å². The summed E-state index contributed by atoms with van der Waals surface area (Å²) in [5.74, 6) is -1.15. The number of benzene rings is 1. The highest BCUT2D eigenvalue weighted by Crippen LogP contribution is 2.36. The number of carboxylic acids is 1. The largest absolute Gasteiger partial charge is 0.478 e. The van der Waals surface area contributed by atoms with E-state index < -0.39 is 21.4 Å². The minimum atomic E-state index is -3.77. The van der Waals surface area contributed by atoms with Crippen LogP contribution >= 0.6 is 0 Å². The van der Waals surface area contributed by atoms with E-state index in [1.165, 1.54) is 18.2 Å². The van der Waals surface area contributed by atoms with E-state index in [4.69, 9.17) is 5.11 Å². The van der Waals surface area contributed by atoms with Crippen LogP contribution in [0.25, 0.3) is 0 Å². The van der Waals surface area contributed by atoms with Gasteiger partial charge in [0, 0.05) is 11.0 Å². The second kappa shape index (κ2) is 3.65. The molecular weight excluding hydrogens is 254 g/mol. The first-order valence-corrected chi connectivity index (χ1v) is 6.81. The van der Waals surface area contributed by atoms with E-state index in [0.29, 0.717) is 5.71 Å². The van der Waals surface area contributed by atoms with E-state index in [1.807, 2.05) is 0 Å². The first-order valence-electron chi connectivity index (χ1n) is 5.37. The maximum Gasteiger partial charge on any atom is 0.336 e. The molecule has 0 aliphatic carbocycles. The van der Waals surface area contributed by atoms with Gasteiger partial charge in [0.15, 0.2) is 0 Å². The summed E-state index contributed by atoms with van der Waals surface area (Å²) in [4.78, 5) is 11.2. The van der Waals surface area contributed by atoms with Gasteiger partial charge in [-0.15, -0.1) is 0 Å². The lowest BCUT2D eigenvalue weighted by Crippen LogP contribution is -2.22. The van der Waals surface area contributed by atoms with Gasteiger partial charge in [-0.3, -0.25) is 0 Å². The average Bonchev–Trinajstić information content (AvgIpc) is 2.50. The molecule has 1 N–H and O–H groups in total. The Balaban J connectivity index is 2.87. The zero-order valence-corrected chi connectivity index (χ0v) is 11.1. The van der Waals surface area contributed by atoms with Crippen molar-refractivity contribution < 1.29 is 18.3 Å². The molecular formula is C12H13NO4S. The van der Waals surface area contributed by atoms with Gasteiger partial charge in [-0.2, -0.15) is 12.8 Å². The van der Waals surface area contributed by atoms with E-state index >= 15 is 0 Å². The molecule has 96 valence electrons. The zero-order valence-electron chi connectivity index (χ0n) is 10.3. The molecule has 0 spiro atoms. The van der Waals surface area contributed by atoms with E-state index in [9.17, 15) is 13.2 Å². The molecule has 6 heteroatoms. The molecule has 5 nitrogen and oxygen atoms in total. The second-order valence-electron chi connectivity index (χ2n) is 5.15. The molecule has 0 aromatic heterocycles. The van der Waals surface area contributed by atoms with Crippen molar-refractivity contribution in [3.05, 3.63) is 29.3 Å². The van der Waals surface area contributed by atoms with E-state index in [-0.39, 0.29) is 16.0 Å². The predicted molar refractivity (Wildman–Crippen MR) is 66.6 cm³/mol. The van der Waals surface area contributed by atoms with Crippen molar-refractivity contribution >= 4 is 21.7 Å². The molecule has 0 unspecified atom stereocenters. The van der Waals surface area contributed by atoms with Crippen LogP contribution < -0.4 is 0 Å². The van der Waals surface area contributed by atoms with E-state index in [1.54, 1.807) is 20.8 Å². The van der Waals surface area contributed by atoms with Crippen LogP contribution in [-0.2, 0) is 10.0 Å². The molecule has 0 saturated carbocycles. The molecule has 0 radical (unpaired) electrons. The van der Waals surface area contributed by atoms with Gasteiger partial charge < -0.3 is 5.11 Å². The van der Waals surface area contributed by atoms with Crippen LogP contribution in [0.4, 0.5) is 0 Å². The van der Waals surface area contributed by atoms with E-state index in [0.717, 1.165) is 0 Å². The molecule has 1 heterocycles. The number of hydrogen-bond acceptors (Lipinski definition) is 3. The Hall–Kier alpha value is -1.69. The van der Waals surface area contributed by atoms with Gasteiger partial charge in [-0.25, -0.2) is 4.79 Å². The Morgan fingerprint density at radius 2 is 1.89 bits per heavy atom. The number of sulfonamides is 1. The maximum atomic E-state index is 11.9. The van der Waals surface area contributed by atoms with Crippen molar-refractivity contribution in [2.75, 3.05) is 0 Å². The first kappa shape index (κ1) is 12.8. The quantitative estimate of drug-likeness (QED) is 0.842. The number of aromatic carboxylic acids is 1. The summed E-state index contributed by atoms with van der Waals surface area (Å²) in [6.07, 6.45) is 0. The van der Waals surface area contributed by atoms with Crippen molar-refractivity contribution in [2.45, 2.75) is 25.7 Å². The first-order chi connectivity index (χ1) is 8.14. The van der Waals surface area contributed by atoms with Crippen LogP contribution in [0.1, 0.15) is 36.7 Å². The van der Waals surface area contributed by atoms with Crippen LogP contribution in [0.3, 0.4) is 0 Å². The Kier molecular flexibility index (Phi) is 2.59. The number of carbonyl (C=O) groups is 1.